The molecule has 74 valence electrons. The number of carbonyl (C=O) groups is 1. The van der Waals surface area contributed by atoms with Crippen molar-refractivity contribution >= 4 is 12.0 Å². The predicted octanol–water partition coefficient (Wildman–Crippen LogP) is 2.65. The molecule has 0 radical (unpaired) electrons. The molecule has 2 heteroatoms. The number of hydrogen-bond donors (Lipinski definition) is 0. The number of ether oxygens (including phenoxy) is 1. The Morgan fingerprint density at radius 1 is 1.29 bits per heavy atom. The zero-order valence-corrected chi connectivity index (χ0v) is 8.49. The van der Waals surface area contributed by atoms with Gasteiger partial charge in [0.15, 0.2) is 0 Å². The standard InChI is InChI=1S/C12H14O2/c1-10(9-14-11(2)13)8-12-6-4-3-5-7-12/h3-8H,9H2,1-2H3/b10-8+. The molecule has 1 aromatic carbocycles. The van der Waals surface area contributed by atoms with Crippen LogP contribution in [0.2, 0.25) is 0 Å². The highest BCUT2D eigenvalue weighted by Crippen LogP contribution is 2.06. The van der Waals surface area contributed by atoms with Crippen molar-refractivity contribution in [3.63, 3.8) is 0 Å². The Kier molecular flexibility index (Phi) is 3.92. The Hall–Kier alpha value is -1.57. The Balaban J connectivity index is 2.56. The van der Waals surface area contributed by atoms with Crippen LogP contribution in [0.4, 0.5) is 0 Å². The molecule has 0 atom stereocenters. The third-order valence-electron chi connectivity index (χ3n) is 1.72. The smallest absolute Gasteiger partial charge is 0.302 e. The van der Waals surface area contributed by atoms with E-state index in [1.807, 2.05) is 43.3 Å². The fourth-order valence-corrected chi connectivity index (χ4v) is 1.09. The average molecular weight is 190 g/mol. The van der Waals surface area contributed by atoms with Gasteiger partial charge in [-0.15, -0.1) is 0 Å². The maximum atomic E-state index is 10.6. The van der Waals surface area contributed by atoms with Gasteiger partial charge in [-0.05, 0) is 18.1 Å². The van der Waals surface area contributed by atoms with Crippen molar-refractivity contribution in [2.75, 3.05) is 6.61 Å². The van der Waals surface area contributed by atoms with E-state index in [1.54, 1.807) is 0 Å². The van der Waals surface area contributed by atoms with Gasteiger partial charge >= 0.3 is 5.97 Å². The van der Waals surface area contributed by atoms with E-state index in [-0.39, 0.29) is 5.97 Å². The van der Waals surface area contributed by atoms with Crippen LogP contribution in [0.1, 0.15) is 19.4 Å². The first-order valence-corrected chi connectivity index (χ1v) is 4.54. The second-order valence-corrected chi connectivity index (χ2v) is 3.18. The lowest BCUT2D eigenvalue weighted by Crippen LogP contribution is -2.01. The van der Waals surface area contributed by atoms with Crippen LogP contribution in [0.25, 0.3) is 6.08 Å². The number of benzene rings is 1. The van der Waals surface area contributed by atoms with Crippen LogP contribution in [-0.4, -0.2) is 12.6 Å². The third kappa shape index (κ3) is 3.90. The summed E-state index contributed by atoms with van der Waals surface area (Å²) in [5.41, 5.74) is 2.16. The van der Waals surface area contributed by atoms with Gasteiger partial charge in [0.1, 0.15) is 6.61 Å². The van der Waals surface area contributed by atoms with Crippen LogP contribution in [0.5, 0.6) is 0 Å². The Morgan fingerprint density at radius 3 is 2.50 bits per heavy atom. The second-order valence-electron chi connectivity index (χ2n) is 3.18. The minimum Gasteiger partial charge on any atom is -0.461 e. The summed E-state index contributed by atoms with van der Waals surface area (Å²) in [5.74, 6) is -0.245. The van der Waals surface area contributed by atoms with Crippen LogP contribution >= 0.6 is 0 Å². The maximum absolute atomic E-state index is 10.6. The highest BCUT2D eigenvalue weighted by Gasteiger charge is 1.94. The molecule has 2 nitrogen and oxygen atoms in total. The van der Waals surface area contributed by atoms with Crippen molar-refractivity contribution < 1.29 is 9.53 Å². The zero-order valence-electron chi connectivity index (χ0n) is 8.49. The zero-order chi connectivity index (χ0) is 10.4. The lowest BCUT2D eigenvalue weighted by atomic mass is 10.1. The molecule has 0 fully saturated rings. The van der Waals surface area contributed by atoms with Crippen molar-refractivity contribution in [1.29, 1.82) is 0 Å². The summed E-state index contributed by atoms with van der Waals surface area (Å²) in [6.07, 6.45) is 2.00. The quantitative estimate of drug-likeness (QED) is 0.685. The number of carbonyl (C=O) groups excluding carboxylic acids is 1. The highest BCUT2D eigenvalue weighted by atomic mass is 16.5. The number of rotatable bonds is 3. The van der Waals surface area contributed by atoms with Gasteiger partial charge in [0.05, 0.1) is 0 Å². The summed E-state index contributed by atoms with van der Waals surface area (Å²) < 4.78 is 4.87. The molecule has 0 aromatic heterocycles. The molecular weight excluding hydrogens is 176 g/mol. The fraction of sp³-hybridized carbons (Fsp3) is 0.250. The van der Waals surface area contributed by atoms with Gasteiger partial charge in [-0.25, -0.2) is 0 Å². The summed E-state index contributed by atoms with van der Waals surface area (Å²) in [7, 11) is 0. The van der Waals surface area contributed by atoms with E-state index in [0.29, 0.717) is 6.61 Å². The molecule has 0 unspecified atom stereocenters. The molecule has 0 spiro atoms. The van der Waals surface area contributed by atoms with Crippen molar-refractivity contribution in [3.05, 3.63) is 41.5 Å². The lowest BCUT2D eigenvalue weighted by molar-refractivity contribution is -0.139. The van der Waals surface area contributed by atoms with Gasteiger partial charge in [0.25, 0.3) is 0 Å². The summed E-state index contributed by atoms with van der Waals surface area (Å²) in [5, 5.41) is 0. The second kappa shape index (κ2) is 5.22. The third-order valence-corrected chi connectivity index (χ3v) is 1.72. The molecule has 0 aliphatic heterocycles. The lowest BCUT2D eigenvalue weighted by Gasteiger charge is -2.01. The molecule has 0 aliphatic rings. The molecule has 1 aromatic rings. The van der Waals surface area contributed by atoms with E-state index in [4.69, 9.17) is 4.74 Å². The Bertz CT molecular complexity index is 325. The molecule has 0 saturated carbocycles. The molecule has 0 saturated heterocycles. The van der Waals surface area contributed by atoms with E-state index >= 15 is 0 Å². The van der Waals surface area contributed by atoms with Gasteiger partial charge in [0.2, 0.25) is 0 Å². The van der Waals surface area contributed by atoms with E-state index in [2.05, 4.69) is 0 Å². The van der Waals surface area contributed by atoms with Crippen molar-refractivity contribution in [2.24, 2.45) is 0 Å². The summed E-state index contributed by atoms with van der Waals surface area (Å²) in [6.45, 7) is 3.72. The van der Waals surface area contributed by atoms with Crippen LogP contribution in [0.15, 0.2) is 35.9 Å². The molecular formula is C12H14O2. The minimum absolute atomic E-state index is 0.245. The van der Waals surface area contributed by atoms with Crippen LogP contribution in [0, 0.1) is 0 Å². The predicted molar refractivity (Wildman–Crippen MR) is 56.7 cm³/mol. The number of esters is 1. The molecule has 1 rings (SSSR count). The molecule has 0 aliphatic carbocycles. The minimum atomic E-state index is -0.245. The molecule has 14 heavy (non-hydrogen) atoms. The fourth-order valence-electron chi connectivity index (χ4n) is 1.09. The Labute approximate surface area is 84.2 Å². The van der Waals surface area contributed by atoms with Crippen LogP contribution in [-0.2, 0) is 9.53 Å². The first kappa shape index (κ1) is 10.5. The molecule has 0 bridgehead atoms. The van der Waals surface area contributed by atoms with Gasteiger partial charge in [-0.3, -0.25) is 4.79 Å². The average Bonchev–Trinajstić information content (AvgIpc) is 2.16. The van der Waals surface area contributed by atoms with Gasteiger partial charge < -0.3 is 4.74 Å². The van der Waals surface area contributed by atoms with E-state index in [1.165, 1.54) is 6.92 Å². The van der Waals surface area contributed by atoms with Gasteiger partial charge in [-0.1, -0.05) is 36.4 Å². The molecule has 0 heterocycles. The van der Waals surface area contributed by atoms with E-state index in [9.17, 15) is 4.79 Å². The van der Waals surface area contributed by atoms with Gasteiger partial charge in [0, 0.05) is 6.92 Å². The molecule has 0 amide bonds. The highest BCUT2D eigenvalue weighted by molar-refractivity contribution is 5.66. The summed E-state index contributed by atoms with van der Waals surface area (Å²) >= 11 is 0. The normalized spacial score (nSPS) is 11.1. The largest absolute Gasteiger partial charge is 0.461 e. The SMILES string of the molecule is CC(=O)OC/C(C)=C/c1ccccc1. The molecule has 0 N–H and O–H groups in total. The Morgan fingerprint density at radius 2 is 1.93 bits per heavy atom. The summed E-state index contributed by atoms with van der Waals surface area (Å²) in [6, 6.07) is 9.95. The van der Waals surface area contributed by atoms with E-state index in [0.717, 1.165) is 11.1 Å². The monoisotopic (exact) mass is 190 g/mol. The van der Waals surface area contributed by atoms with Gasteiger partial charge in [-0.2, -0.15) is 0 Å². The first-order valence-electron chi connectivity index (χ1n) is 4.54. The maximum Gasteiger partial charge on any atom is 0.302 e. The van der Waals surface area contributed by atoms with Crippen molar-refractivity contribution in [2.45, 2.75) is 13.8 Å². The van der Waals surface area contributed by atoms with Crippen LogP contribution < -0.4 is 0 Å². The first-order chi connectivity index (χ1) is 6.68. The van der Waals surface area contributed by atoms with Crippen LogP contribution in [0.3, 0.4) is 0 Å². The number of hydrogen-bond acceptors (Lipinski definition) is 2. The van der Waals surface area contributed by atoms with Crippen molar-refractivity contribution in [3.8, 4) is 0 Å². The summed E-state index contributed by atoms with van der Waals surface area (Å²) in [4.78, 5) is 10.6. The van der Waals surface area contributed by atoms with Crippen molar-refractivity contribution in [1.82, 2.24) is 0 Å². The van der Waals surface area contributed by atoms with E-state index < -0.39 is 0 Å². The topological polar surface area (TPSA) is 26.3 Å².